The van der Waals surface area contributed by atoms with Crippen molar-refractivity contribution >= 4 is 11.7 Å². The molecule has 1 heterocycles. The molecule has 1 aromatic carbocycles. The van der Waals surface area contributed by atoms with Crippen LogP contribution in [-0.4, -0.2) is 37.8 Å². The Morgan fingerprint density at radius 1 is 1.33 bits per heavy atom. The largest absolute Gasteiger partial charge is 0.480 e. The molecule has 0 radical (unpaired) electrons. The van der Waals surface area contributed by atoms with E-state index < -0.39 is 5.97 Å². The highest BCUT2D eigenvalue weighted by atomic mass is 16.4. The number of tetrazole rings is 1. The number of aromatic nitrogens is 4. The van der Waals surface area contributed by atoms with Crippen molar-refractivity contribution in [1.82, 2.24) is 20.2 Å². The van der Waals surface area contributed by atoms with Crippen LogP contribution in [0.15, 0.2) is 24.3 Å². The zero-order chi connectivity index (χ0) is 15.2. The minimum Gasteiger partial charge on any atom is -0.480 e. The molecule has 21 heavy (non-hydrogen) atoms. The molecule has 0 aliphatic rings. The van der Waals surface area contributed by atoms with Crippen LogP contribution in [-0.2, 0) is 17.9 Å². The lowest BCUT2D eigenvalue weighted by molar-refractivity contribution is -0.135. The van der Waals surface area contributed by atoms with Gasteiger partial charge in [0, 0.05) is 12.2 Å². The molecule has 0 fully saturated rings. The van der Waals surface area contributed by atoms with Gasteiger partial charge in [0.05, 0.1) is 6.54 Å². The lowest BCUT2D eigenvalue weighted by Crippen LogP contribution is -2.30. The van der Waals surface area contributed by atoms with Crippen LogP contribution in [0, 0.1) is 6.92 Å². The standard InChI is InChI=1S/C14H19N5O2/c1-3-8-19-13(15-16-17-19)9-18(10-14(20)21)12-6-4-11(2)5-7-12/h4-7H,3,8-10H2,1-2H3,(H,20,21). The Labute approximate surface area is 123 Å². The first kappa shape index (κ1) is 15.0. The number of aliphatic carboxylic acids is 1. The summed E-state index contributed by atoms with van der Waals surface area (Å²) in [4.78, 5) is 12.8. The van der Waals surface area contributed by atoms with Crippen molar-refractivity contribution in [1.29, 1.82) is 0 Å². The second-order valence-electron chi connectivity index (χ2n) is 4.90. The predicted octanol–water partition coefficient (Wildman–Crippen LogP) is 1.48. The second-order valence-corrected chi connectivity index (χ2v) is 4.90. The van der Waals surface area contributed by atoms with E-state index in [-0.39, 0.29) is 6.54 Å². The molecule has 112 valence electrons. The molecular weight excluding hydrogens is 270 g/mol. The number of carboxylic acids is 1. The molecular formula is C14H19N5O2. The fourth-order valence-corrected chi connectivity index (χ4v) is 2.05. The normalized spacial score (nSPS) is 10.6. The topological polar surface area (TPSA) is 84.1 Å². The van der Waals surface area contributed by atoms with Crippen molar-refractivity contribution in [2.75, 3.05) is 11.4 Å². The minimum atomic E-state index is -0.884. The van der Waals surface area contributed by atoms with Crippen molar-refractivity contribution < 1.29 is 9.90 Å². The first-order valence-electron chi connectivity index (χ1n) is 6.88. The summed E-state index contributed by atoms with van der Waals surface area (Å²) in [6.45, 7) is 5.02. The zero-order valence-corrected chi connectivity index (χ0v) is 12.2. The monoisotopic (exact) mass is 289 g/mol. The van der Waals surface area contributed by atoms with Gasteiger partial charge in [0.2, 0.25) is 0 Å². The number of benzene rings is 1. The van der Waals surface area contributed by atoms with Crippen molar-refractivity contribution in [3.05, 3.63) is 35.7 Å². The molecule has 0 aliphatic heterocycles. The number of rotatable bonds is 7. The lowest BCUT2D eigenvalue weighted by atomic mass is 10.2. The molecule has 0 saturated heterocycles. The first-order valence-corrected chi connectivity index (χ1v) is 6.88. The third-order valence-electron chi connectivity index (χ3n) is 3.10. The maximum absolute atomic E-state index is 11.1. The van der Waals surface area contributed by atoms with E-state index in [9.17, 15) is 4.79 Å². The summed E-state index contributed by atoms with van der Waals surface area (Å²) in [7, 11) is 0. The average Bonchev–Trinajstić information content (AvgIpc) is 2.86. The van der Waals surface area contributed by atoms with Crippen molar-refractivity contribution in [3.63, 3.8) is 0 Å². The molecule has 0 atom stereocenters. The van der Waals surface area contributed by atoms with E-state index in [1.54, 1.807) is 9.58 Å². The van der Waals surface area contributed by atoms with E-state index >= 15 is 0 Å². The molecule has 0 spiro atoms. The van der Waals surface area contributed by atoms with Gasteiger partial charge in [0.15, 0.2) is 5.82 Å². The van der Waals surface area contributed by atoms with Gasteiger partial charge in [0.25, 0.3) is 0 Å². The fourth-order valence-electron chi connectivity index (χ4n) is 2.05. The molecule has 7 nitrogen and oxygen atoms in total. The Balaban J connectivity index is 2.21. The van der Waals surface area contributed by atoms with Crippen LogP contribution >= 0.6 is 0 Å². The summed E-state index contributed by atoms with van der Waals surface area (Å²) in [5.41, 5.74) is 1.97. The highest BCUT2D eigenvalue weighted by Gasteiger charge is 2.15. The fraction of sp³-hybridized carbons (Fsp3) is 0.429. The van der Waals surface area contributed by atoms with Crippen LogP contribution in [0.5, 0.6) is 0 Å². The molecule has 1 aromatic heterocycles. The van der Waals surface area contributed by atoms with Gasteiger partial charge < -0.3 is 10.0 Å². The molecule has 0 aliphatic carbocycles. The van der Waals surface area contributed by atoms with Crippen LogP contribution in [0.4, 0.5) is 5.69 Å². The van der Waals surface area contributed by atoms with Crippen molar-refractivity contribution in [2.45, 2.75) is 33.4 Å². The Morgan fingerprint density at radius 3 is 2.67 bits per heavy atom. The SMILES string of the molecule is CCCn1nnnc1CN(CC(=O)O)c1ccc(C)cc1. The Morgan fingerprint density at radius 2 is 2.05 bits per heavy atom. The summed E-state index contributed by atoms with van der Waals surface area (Å²) in [6, 6.07) is 7.73. The summed E-state index contributed by atoms with van der Waals surface area (Å²) < 4.78 is 1.71. The van der Waals surface area contributed by atoms with Crippen LogP contribution in [0.3, 0.4) is 0 Å². The number of hydrogen-bond donors (Lipinski definition) is 1. The van der Waals surface area contributed by atoms with Crippen LogP contribution in [0.1, 0.15) is 24.7 Å². The van der Waals surface area contributed by atoms with E-state index in [4.69, 9.17) is 5.11 Å². The highest BCUT2D eigenvalue weighted by molar-refractivity contribution is 5.73. The predicted molar refractivity (Wildman–Crippen MR) is 78.0 cm³/mol. The third kappa shape index (κ3) is 4.01. The molecule has 0 bridgehead atoms. The first-order chi connectivity index (χ1) is 10.1. The van der Waals surface area contributed by atoms with E-state index in [0.29, 0.717) is 12.4 Å². The number of aryl methyl sites for hydroxylation is 2. The molecule has 0 unspecified atom stereocenters. The van der Waals surface area contributed by atoms with E-state index in [2.05, 4.69) is 15.5 Å². The van der Waals surface area contributed by atoms with Gasteiger partial charge >= 0.3 is 5.97 Å². The van der Waals surface area contributed by atoms with E-state index in [0.717, 1.165) is 24.2 Å². The minimum absolute atomic E-state index is 0.0952. The Hall–Kier alpha value is -2.44. The third-order valence-corrected chi connectivity index (χ3v) is 3.10. The van der Waals surface area contributed by atoms with Gasteiger partial charge in [-0.25, -0.2) is 4.68 Å². The van der Waals surface area contributed by atoms with E-state index in [1.807, 2.05) is 38.1 Å². The lowest BCUT2D eigenvalue weighted by Gasteiger charge is -2.22. The van der Waals surface area contributed by atoms with Crippen LogP contribution in [0.2, 0.25) is 0 Å². The van der Waals surface area contributed by atoms with Gasteiger partial charge in [0.1, 0.15) is 6.54 Å². The average molecular weight is 289 g/mol. The smallest absolute Gasteiger partial charge is 0.323 e. The molecule has 7 heteroatoms. The van der Waals surface area contributed by atoms with Crippen molar-refractivity contribution in [2.24, 2.45) is 0 Å². The molecule has 1 N–H and O–H groups in total. The highest BCUT2D eigenvalue weighted by Crippen LogP contribution is 2.17. The molecule has 2 aromatic rings. The molecule has 0 saturated carbocycles. The Kier molecular flexibility index (Phi) is 4.86. The summed E-state index contributed by atoms with van der Waals surface area (Å²) in [5.74, 6) is -0.219. The van der Waals surface area contributed by atoms with Gasteiger partial charge in [-0.3, -0.25) is 4.79 Å². The van der Waals surface area contributed by atoms with E-state index in [1.165, 1.54) is 0 Å². The number of hydrogen-bond acceptors (Lipinski definition) is 5. The zero-order valence-electron chi connectivity index (χ0n) is 12.2. The van der Waals surface area contributed by atoms with Gasteiger partial charge in [-0.2, -0.15) is 0 Å². The number of anilines is 1. The van der Waals surface area contributed by atoms with Gasteiger partial charge in [-0.15, -0.1) is 5.10 Å². The number of carbonyl (C=O) groups is 1. The maximum Gasteiger partial charge on any atom is 0.323 e. The van der Waals surface area contributed by atoms with Gasteiger partial charge in [-0.1, -0.05) is 24.6 Å². The molecule has 0 amide bonds. The maximum atomic E-state index is 11.1. The Bertz CT molecular complexity index is 594. The van der Waals surface area contributed by atoms with Gasteiger partial charge in [-0.05, 0) is 35.9 Å². The van der Waals surface area contributed by atoms with Crippen molar-refractivity contribution in [3.8, 4) is 0 Å². The summed E-state index contributed by atoms with van der Waals surface area (Å²) in [6.07, 6.45) is 0.918. The quantitative estimate of drug-likeness (QED) is 0.831. The number of carboxylic acid groups (broad SMARTS) is 1. The van der Waals surface area contributed by atoms with Crippen LogP contribution < -0.4 is 4.90 Å². The second kappa shape index (κ2) is 6.83. The summed E-state index contributed by atoms with van der Waals surface area (Å²) in [5, 5.41) is 20.7. The van der Waals surface area contributed by atoms with Crippen LogP contribution in [0.25, 0.3) is 0 Å². The molecule has 2 rings (SSSR count). The number of nitrogens with zero attached hydrogens (tertiary/aromatic N) is 5. The summed E-state index contributed by atoms with van der Waals surface area (Å²) >= 11 is 0.